The van der Waals surface area contributed by atoms with Crippen molar-refractivity contribution in [2.24, 2.45) is 11.7 Å². The van der Waals surface area contributed by atoms with E-state index in [0.717, 1.165) is 6.07 Å². The van der Waals surface area contributed by atoms with Gasteiger partial charge in [-0.15, -0.1) is 12.4 Å². The molecule has 0 aliphatic carbocycles. The Morgan fingerprint density at radius 2 is 2.20 bits per heavy atom. The fourth-order valence-electron chi connectivity index (χ4n) is 2.24. The van der Waals surface area contributed by atoms with Gasteiger partial charge >= 0.3 is 5.97 Å². The molecule has 2 heterocycles. The maximum atomic E-state index is 13.8. The van der Waals surface area contributed by atoms with Gasteiger partial charge in [0.15, 0.2) is 11.6 Å². The van der Waals surface area contributed by atoms with E-state index in [-0.39, 0.29) is 35.8 Å². The van der Waals surface area contributed by atoms with Crippen molar-refractivity contribution in [3.8, 4) is 0 Å². The minimum Gasteiger partial charge on any atom is -0.481 e. The van der Waals surface area contributed by atoms with Gasteiger partial charge < -0.3 is 15.7 Å². The molecule has 8 heteroatoms. The highest BCUT2D eigenvalue weighted by Crippen LogP contribution is 2.24. The Bertz CT molecular complexity index is 490. The Hall–Kier alpha value is -1.11. The summed E-state index contributed by atoms with van der Waals surface area (Å²) in [5.41, 5.74) is 5.89. The maximum Gasteiger partial charge on any atom is 0.308 e. The first-order valence-corrected chi connectivity index (χ1v) is 6.39. The number of aliphatic carboxylic acids is 1. The molecule has 0 bridgehead atoms. The molecule has 1 aliphatic rings. The van der Waals surface area contributed by atoms with Gasteiger partial charge in [-0.05, 0) is 18.9 Å². The van der Waals surface area contributed by atoms with Crippen molar-refractivity contribution in [2.45, 2.75) is 18.9 Å². The first kappa shape index (κ1) is 16.9. The SMILES string of the molecule is Cl.N[C@@H]1CC[C@H](C(=O)O)CN(c2ncc(Cl)cc2F)C1. The van der Waals surface area contributed by atoms with Gasteiger partial charge in [-0.2, -0.15) is 0 Å². The molecule has 20 heavy (non-hydrogen) atoms. The molecule has 0 aromatic carbocycles. The highest BCUT2D eigenvalue weighted by molar-refractivity contribution is 6.30. The van der Waals surface area contributed by atoms with E-state index in [2.05, 4.69) is 4.98 Å². The number of aromatic nitrogens is 1. The zero-order chi connectivity index (χ0) is 14.0. The lowest BCUT2D eigenvalue weighted by atomic mass is 10.0. The average Bonchev–Trinajstić information content (AvgIpc) is 2.51. The molecule has 3 N–H and O–H groups in total. The number of hydrogen-bond acceptors (Lipinski definition) is 4. The molecule has 0 unspecified atom stereocenters. The third kappa shape index (κ3) is 3.94. The lowest BCUT2D eigenvalue weighted by Crippen LogP contribution is -2.38. The van der Waals surface area contributed by atoms with Gasteiger partial charge in [-0.1, -0.05) is 11.6 Å². The van der Waals surface area contributed by atoms with Crippen molar-refractivity contribution in [3.05, 3.63) is 23.1 Å². The second kappa shape index (κ2) is 7.06. The number of halogens is 3. The summed E-state index contributed by atoms with van der Waals surface area (Å²) < 4.78 is 13.8. The topological polar surface area (TPSA) is 79.5 Å². The van der Waals surface area contributed by atoms with Crippen molar-refractivity contribution in [1.29, 1.82) is 0 Å². The standard InChI is InChI=1S/C12H15ClFN3O2.ClH/c13-8-3-10(14)11(16-4-8)17-5-7(12(18)19)1-2-9(15)6-17;/h3-4,7,9H,1-2,5-6,15H2,(H,18,19);1H/t7-,9+;/m0./s1. The molecule has 0 amide bonds. The molecular weight excluding hydrogens is 308 g/mol. The third-order valence-electron chi connectivity index (χ3n) is 3.22. The third-order valence-corrected chi connectivity index (χ3v) is 3.43. The molecule has 1 fully saturated rings. The fraction of sp³-hybridized carbons (Fsp3) is 0.500. The van der Waals surface area contributed by atoms with Crippen molar-refractivity contribution in [2.75, 3.05) is 18.0 Å². The monoisotopic (exact) mass is 323 g/mol. The van der Waals surface area contributed by atoms with E-state index in [1.165, 1.54) is 6.20 Å². The second-order valence-electron chi connectivity index (χ2n) is 4.74. The van der Waals surface area contributed by atoms with Crippen molar-refractivity contribution in [3.63, 3.8) is 0 Å². The van der Waals surface area contributed by atoms with Gasteiger partial charge in [0.2, 0.25) is 0 Å². The number of carboxylic acid groups (broad SMARTS) is 1. The number of rotatable bonds is 2. The van der Waals surface area contributed by atoms with Crippen LogP contribution in [0.3, 0.4) is 0 Å². The van der Waals surface area contributed by atoms with Crippen LogP contribution in [0.15, 0.2) is 12.3 Å². The van der Waals surface area contributed by atoms with E-state index < -0.39 is 17.7 Å². The number of carboxylic acids is 1. The Kier molecular flexibility index (Phi) is 5.98. The normalized spacial score (nSPS) is 22.9. The molecule has 112 valence electrons. The molecule has 0 radical (unpaired) electrons. The maximum absolute atomic E-state index is 13.8. The minimum atomic E-state index is -0.895. The second-order valence-corrected chi connectivity index (χ2v) is 5.17. The summed E-state index contributed by atoms with van der Waals surface area (Å²) >= 11 is 5.66. The van der Waals surface area contributed by atoms with Gasteiger partial charge in [0.05, 0.1) is 10.9 Å². The van der Waals surface area contributed by atoms with Crippen LogP contribution in [0.1, 0.15) is 12.8 Å². The summed E-state index contributed by atoms with van der Waals surface area (Å²) in [5, 5.41) is 9.33. The predicted octanol–water partition coefficient (Wildman–Crippen LogP) is 1.92. The summed E-state index contributed by atoms with van der Waals surface area (Å²) in [6.45, 7) is 0.587. The van der Waals surface area contributed by atoms with Crippen LogP contribution in [-0.2, 0) is 4.79 Å². The number of carbonyl (C=O) groups is 1. The van der Waals surface area contributed by atoms with E-state index >= 15 is 0 Å². The molecule has 1 aromatic rings. The highest BCUT2D eigenvalue weighted by atomic mass is 35.5. The molecule has 2 rings (SSSR count). The summed E-state index contributed by atoms with van der Waals surface area (Å²) in [7, 11) is 0. The van der Waals surface area contributed by atoms with Gasteiger partial charge in [-0.3, -0.25) is 4.79 Å². The van der Waals surface area contributed by atoms with Gasteiger partial charge in [0.25, 0.3) is 0 Å². The highest BCUT2D eigenvalue weighted by Gasteiger charge is 2.28. The summed E-state index contributed by atoms with van der Waals surface area (Å²) in [5.74, 6) is -1.92. The lowest BCUT2D eigenvalue weighted by Gasteiger charge is -2.25. The van der Waals surface area contributed by atoms with Gasteiger partial charge in [0, 0.05) is 25.3 Å². The lowest BCUT2D eigenvalue weighted by molar-refractivity contribution is -0.141. The fourth-order valence-corrected chi connectivity index (χ4v) is 2.38. The number of pyridine rings is 1. The van der Waals surface area contributed by atoms with E-state index in [4.69, 9.17) is 22.4 Å². The van der Waals surface area contributed by atoms with E-state index in [0.29, 0.717) is 19.4 Å². The van der Waals surface area contributed by atoms with Crippen LogP contribution in [0.4, 0.5) is 10.2 Å². The molecule has 0 saturated carbocycles. The van der Waals surface area contributed by atoms with Gasteiger partial charge in [0.1, 0.15) is 0 Å². The largest absolute Gasteiger partial charge is 0.481 e. The van der Waals surface area contributed by atoms with Gasteiger partial charge in [-0.25, -0.2) is 9.37 Å². The van der Waals surface area contributed by atoms with Crippen LogP contribution in [0, 0.1) is 11.7 Å². The summed E-state index contributed by atoms with van der Waals surface area (Å²) in [6.07, 6.45) is 2.43. The number of anilines is 1. The van der Waals surface area contributed by atoms with Crippen molar-refractivity contribution >= 4 is 35.8 Å². The molecule has 1 saturated heterocycles. The Labute approximate surface area is 127 Å². The molecule has 5 nitrogen and oxygen atoms in total. The van der Waals surface area contributed by atoms with Crippen LogP contribution in [0.5, 0.6) is 0 Å². The van der Waals surface area contributed by atoms with Crippen molar-refractivity contribution in [1.82, 2.24) is 4.98 Å². The van der Waals surface area contributed by atoms with E-state index in [1.54, 1.807) is 4.90 Å². The number of nitrogens with two attached hydrogens (primary N) is 1. The van der Waals surface area contributed by atoms with E-state index in [1.807, 2.05) is 0 Å². The molecule has 2 atom stereocenters. The van der Waals surface area contributed by atoms with Crippen LogP contribution in [0.25, 0.3) is 0 Å². The average molecular weight is 324 g/mol. The smallest absolute Gasteiger partial charge is 0.308 e. The van der Waals surface area contributed by atoms with Crippen LogP contribution >= 0.6 is 24.0 Å². The summed E-state index contributed by atoms with van der Waals surface area (Å²) in [4.78, 5) is 16.7. The first-order chi connectivity index (χ1) is 8.97. The Morgan fingerprint density at radius 1 is 1.50 bits per heavy atom. The van der Waals surface area contributed by atoms with E-state index in [9.17, 15) is 9.18 Å². The molecule has 1 aromatic heterocycles. The Morgan fingerprint density at radius 3 is 2.80 bits per heavy atom. The number of hydrogen-bond donors (Lipinski definition) is 2. The zero-order valence-corrected chi connectivity index (χ0v) is 12.2. The van der Waals surface area contributed by atoms with Crippen molar-refractivity contribution < 1.29 is 14.3 Å². The minimum absolute atomic E-state index is 0. The molecule has 0 spiro atoms. The summed E-state index contributed by atoms with van der Waals surface area (Å²) in [6, 6.07) is 0.969. The predicted molar refractivity (Wildman–Crippen MR) is 77.0 cm³/mol. The molecular formula is C12H16Cl2FN3O2. The Balaban J connectivity index is 0.00000200. The van der Waals surface area contributed by atoms with Crippen LogP contribution in [0.2, 0.25) is 5.02 Å². The number of nitrogens with zero attached hydrogens (tertiary/aromatic N) is 2. The van der Waals surface area contributed by atoms with Crippen LogP contribution < -0.4 is 10.6 Å². The molecule has 1 aliphatic heterocycles. The quantitative estimate of drug-likeness (QED) is 0.869. The van der Waals surface area contributed by atoms with Crippen LogP contribution in [-0.4, -0.2) is 35.2 Å². The first-order valence-electron chi connectivity index (χ1n) is 6.01. The zero-order valence-electron chi connectivity index (χ0n) is 10.6.